The molecule has 7 heteroatoms. The van der Waals surface area contributed by atoms with Crippen LogP contribution in [0.1, 0.15) is 84.3 Å². The van der Waals surface area contributed by atoms with Gasteiger partial charge in [0.15, 0.2) is 0 Å². The fraction of sp³-hybridized carbons (Fsp3) is 0.667. The van der Waals surface area contributed by atoms with E-state index >= 15 is 0 Å². The third kappa shape index (κ3) is 7.59. The van der Waals surface area contributed by atoms with Crippen molar-refractivity contribution in [2.24, 2.45) is 17.3 Å². The Labute approximate surface area is 208 Å². The maximum Gasteiger partial charge on any atom is 0.223 e. The molecule has 3 N–H and O–H groups in total. The Morgan fingerprint density at radius 3 is 2.53 bits per heavy atom. The van der Waals surface area contributed by atoms with Crippen molar-refractivity contribution >= 4 is 29.1 Å². The van der Waals surface area contributed by atoms with Gasteiger partial charge in [0, 0.05) is 11.3 Å². The zero-order valence-corrected chi connectivity index (χ0v) is 22.5. The lowest BCUT2D eigenvalue weighted by Crippen LogP contribution is -2.47. The molecule has 1 amide bonds. The van der Waals surface area contributed by atoms with Crippen LogP contribution in [0.25, 0.3) is 6.08 Å². The summed E-state index contributed by atoms with van der Waals surface area (Å²) in [6.45, 7) is 13.0. The van der Waals surface area contributed by atoms with Crippen molar-refractivity contribution in [2.45, 2.75) is 98.8 Å². The number of aryl methyl sites for hydroxylation is 1. The van der Waals surface area contributed by atoms with E-state index in [0.29, 0.717) is 6.42 Å². The molecule has 5 atom stereocenters. The Balaban J connectivity index is 2.33. The van der Waals surface area contributed by atoms with E-state index in [2.05, 4.69) is 23.3 Å². The molecule has 0 saturated carbocycles. The number of carbonyl (C=O) groups excluding carboxylic acids is 2. The lowest BCUT2D eigenvalue weighted by atomic mass is 9.73. The minimum Gasteiger partial charge on any atom is -0.392 e. The number of aliphatic hydroxyl groups excluding tert-OH is 2. The summed E-state index contributed by atoms with van der Waals surface area (Å²) in [5, 5.41) is 27.7. The minimum absolute atomic E-state index is 0.0320. The molecule has 1 aromatic heterocycles. The summed E-state index contributed by atoms with van der Waals surface area (Å²) in [5.74, 6) is -1.18. The Morgan fingerprint density at radius 1 is 1.24 bits per heavy atom. The van der Waals surface area contributed by atoms with Gasteiger partial charge in [-0.1, -0.05) is 39.3 Å². The number of aromatic nitrogens is 1. The molecule has 0 bridgehead atoms. The Hall–Kier alpha value is -1.83. The third-order valence-electron chi connectivity index (χ3n) is 7.19. The summed E-state index contributed by atoms with van der Waals surface area (Å²) in [5.41, 5.74) is 1.94. The molecule has 0 fully saturated rings. The molecule has 1 aliphatic rings. The highest BCUT2D eigenvalue weighted by atomic mass is 32.1. The summed E-state index contributed by atoms with van der Waals surface area (Å²) in [7, 11) is 0. The molecule has 0 aliphatic carbocycles. The molecule has 1 aliphatic heterocycles. The number of amides is 1. The van der Waals surface area contributed by atoms with Crippen LogP contribution in [0.15, 0.2) is 22.6 Å². The molecular formula is C27H42N2O4S. The predicted octanol–water partition coefficient (Wildman–Crippen LogP) is 4.84. The van der Waals surface area contributed by atoms with Crippen molar-refractivity contribution in [1.29, 1.82) is 0 Å². The first-order valence-electron chi connectivity index (χ1n) is 12.3. The van der Waals surface area contributed by atoms with Gasteiger partial charge < -0.3 is 15.5 Å². The first-order chi connectivity index (χ1) is 15.8. The number of nitrogens with one attached hydrogen (secondary N) is 1. The van der Waals surface area contributed by atoms with Gasteiger partial charge in [0.1, 0.15) is 5.78 Å². The Bertz CT molecular complexity index is 917. The maximum absolute atomic E-state index is 13.2. The van der Waals surface area contributed by atoms with E-state index in [1.165, 1.54) is 5.57 Å². The Kier molecular flexibility index (Phi) is 10.2. The van der Waals surface area contributed by atoms with Crippen molar-refractivity contribution in [3.8, 4) is 0 Å². The van der Waals surface area contributed by atoms with Crippen LogP contribution in [0.5, 0.6) is 0 Å². The average Bonchev–Trinajstić information content (AvgIpc) is 3.18. The van der Waals surface area contributed by atoms with E-state index in [-0.39, 0.29) is 30.1 Å². The number of nitrogens with zero attached hydrogens (tertiary/aromatic N) is 1. The summed E-state index contributed by atoms with van der Waals surface area (Å²) in [6.07, 6.45) is 5.30. The zero-order valence-electron chi connectivity index (χ0n) is 21.7. The Morgan fingerprint density at radius 2 is 1.91 bits per heavy atom. The van der Waals surface area contributed by atoms with E-state index in [1.807, 2.05) is 32.2 Å². The summed E-state index contributed by atoms with van der Waals surface area (Å²) >= 11 is 1.58. The van der Waals surface area contributed by atoms with Crippen LogP contribution in [0, 0.1) is 24.2 Å². The molecule has 2 rings (SSSR count). The molecular weight excluding hydrogens is 448 g/mol. The van der Waals surface area contributed by atoms with Crippen LogP contribution in [0.4, 0.5) is 0 Å². The van der Waals surface area contributed by atoms with Gasteiger partial charge in [-0.05, 0) is 64.0 Å². The second kappa shape index (κ2) is 12.2. The van der Waals surface area contributed by atoms with E-state index in [1.54, 1.807) is 32.1 Å². The highest BCUT2D eigenvalue weighted by Crippen LogP contribution is 2.32. The van der Waals surface area contributed by atoms with Gasteiger partial charge >= 0.3 is 0 Å². The van der Waals surface area contributed by atoms with Crippen LogP contribution < -0.4 is 5.32 Å². The molecule has 2 heterocycles. The van der Waals surface area contributed by atoms with E-state index < -0.39 is 23.5 Å². The van der Waals surface area contributed by atoms with E-state index in [0.717, 1.165) is 35.5 Å². The average molecular weight is 491 g/mol. The topological polar surface area (TPSA) is 99.5 Å². The van der Waals surface area contributed by atoms with Gasteiger partial charge in [-0.25, -0.2) is 4.98 Å². The van der Waals surface area contributed by atoms with Gasteiger partial charge in [-0.3, -0.25) is 9.59 Å². The molecule has 190 valence electrons. The van der Waals surface area contributed by atoms with Gasteiger partial charge in [0.05, 0.1) is 40.8 Å². The molecule has 0 aromatic carbocycles. The molecule has 34 heavy (non-hydrogen) atoms. The number of ketones is 1. The maximum atomic E-state index is 13.2. The summed E-state index contributed by atoms with van der Waals surface area (Å²) in [6, 6.07) is -0.233. The predicted molar refractivity (Wildman–Crippen MR) is 138 cm³/mol. The van der Waals surface area contributed by atoms with Crippen LogP contribution in [0.3, 0.4) is 0 Å². The quantitative estimate of drug-likeness (QED) is 0.515. The van der Waals surface area contributed by atoms with E-state index in [9.17, 15) is 19.8 Å². The number of allylic oxidation sites excluding steroid dienone is 1. The first-order valence-corrected chi connectivity index (χ1v) is 13.2. The number of aliphatic hydroxyl groups is 2. The minimum atomic E-state index is -1.15. The van der Waals surface area contributed by atoms with Crippen molar-refractivity contribution < 1.29 is 19.8 Å². The van der Waals surface area contributed by atoms with Crippen LogP contribution in [0.2, 0.25) is 0 Å². The van der Waals surface area contributed by atoms with Gasteiger partial charge in [-0.15, -0.1) is 11.3 Å². The van der Waals surface area contributed by atoms with Gasteiger partial charge in [0.25, 0.3) is 0 Å². The largest absolute Gasteiger partial charge is 0.392 e. The molecule has 0 spiro atoms. The normalized spacial score (nSPS) is 32.1. The number of rotatable bonds is 2. The zero-order chi connectivity index (χ0) is 25.6. The lowest BCUT2D eigenvalue weighted by Gasteiger charge is -2.34. The van der Waals surface area contributed by atoms with Crippen molar-refractivity contribution in [3.63, 3.8) is 0 Å². The van der Waals surface area contributed by atoms with Crippen LogP contribution in [-0.4, -0.2) is 45.1 Å². The summed E-state index contributed by atoms with van der Waals surface area (Å²) in [4.78, 5) is 30.6. The molecule has 1 aromatic rings. The summed E-state index contributed by atoms with van der Waals surface area (Å²) < 4.78 is 0. The molecule has 0 saturated heterocycles. The molecule has 6 nitrogen and oxygen atoms in total. The molecule has 0 radical (unpaired) electrons. The highest BCUT2D eigenvalue weighted by Gasteiger charge is 2.42. The third-order valence-corrected chi connectivity index (χ3v) is 7.98. The van der Waals surface area contributed by atoms with Gasteiger partial charge in [0.2, 0.25) is 5.91 Å². The number of hydrogen-bond acceptors (Lipinski definition) is 6. The number of thiazole rings is 1. The van der Waals surface area contributed by atoms with E-state index in [4.69, 9.17) is 0 Å². The fourth-order valence-electron chi connectivity index (χ4n) is 4.52. The van der Waals surface area contributed by atoms with Crippen molar-refractivity contribution in [1.82, 2.24) is 10.3 Å². The van der Waals surface area contributed by atoms with Crippen LogP contribution >= 0.6 is 11.3 Å². The lowest BCUT2D eigenvalue weighted by molar-refractivity contribution is -0.143. The standard InChI is InChI=1S/C27H42N2O4S/c1-16-9-8-10-17(2)25(32)19(4)26(33)27(6,7)23(30)14-24(31)29-22(12-11-16)18(3)13-21-15-34-20(5)28-21/h11,13,15,17,19,22-23,25,30,32H,8-10,12,14H2,1-7H3,(H,29,31)/b16-11-,18-13+/t17-,19+,22+,23-,25?/m0/s1. The number of hydrogen-bond donors (Lipinski definition) is 3. The van der Waals surface area contributed by atoms with Gasteiger partial charge in [-0.2, -0.15) is 0 Å². The monoisotopic (exact) mass is 490 g/mol. The second-order valence-corrected chi connectivity index (χ2v) is 11.6. The smallest absolute Gasteiger partial charge is 0.223 e. The van der Waals surface area contributed by atoms with Crippen LogP contribution in [-0.2, 0) is 9.59 Å². The number of Topliss-reactive ketones (excluding diaryl/α,β-unsaturated/α-hetero) is 1. The fourth-order valence-corrected chi connectivity index (χ4v) is 5.09. The van der Waals surface area contributed by atoms with Crippen molar-refractivity contribution in [2.75, 3.05) is 0 Å². The number of carbonyl (C=O) groups is 2. The molecule has 1 unspecified atom stereocenters. The SMILES string of the molecule is C/C1=C/C[C@H](/C(C)=C/c2csc(C)n2)NC(=O)C[C@H](O)C(C)(C)C(=O)[C@H](C)C(O)[C@@H](C)CCC1. The van der Waals surface area contributed by atoms with Crippen molar-refractivity contribution in [3.05, 3.63) is 33.3 Å². The first kappa shape index (κ1) is 28.4. The second-order valence-electron chi connectivity index (χ2n) is 10.5. The highest BCUT2D eigenvalue weighted by molar-refractivity contribution is 7.09.